The lowest BCUT2D eigenvalue weighted by molar-refractivity contribution is -0.131. The Balaban J connectivity index is 1.76. The normalized spacial score (nSPS) is 10.4. The van der Waals surface area contributed by atoms with Gasteiger partial charge in [0.05, 0.1) is 6.54 Å². The number of aromatic nitrogens is 2. The first-order chi connectivity index (χ1) is 10.0. The molecule has 0 unspecified atom stereocenters. The van der Waals surface area contributed by atoms with Crippen molar-refractivity contribution in [2.75, 3.05) is 25.9 Å². The zero-order chi connectivity index (χ0) is 15.2. The highest BCUT2D eigenvalue weighted by atomic mass is 16.5. The molecule has 21 heavy (non-hydrogen) atoms. The average Bonchev–Trinajstić information content (AvgIpc) is 2.84. The molecular weight excluding hydrogens is 268 g/mol. The van der Waals surface area contributed by atoms with Crippen LogP contribution >= 0.6 is 0 Å². The molecule has 1 amide bonds. The first kappa shape index (κ1) is 14.9. The number of benzene rings is 1. The second-order valence-corrected chi connectivity index (χ2v) is 4.92. The highest BCUT2D eigenvalue weighted by Crippen LogP contribution is 2.12. The molecule has 2 aromatic rings. The van der Waals surface area contributed by atoms with E-state index in [2.05, 4.69) is 5.10 Å². The van der Waals surface area contributed by atoms with E-state index in [1.165, 1.54) is 4.68 Å². The molecule has 0 saturated heterocycles. The Kier molecular flexibility index (Phi) is 4.81. The van der Waals surface area contributed by atoms with Gasteiger partial charge in [0.1, 0.15) is 24.7 Å². The zero-order valence-electron chi connectivity index (χ0n) is 12.3. The number of nitrogen functional groups attached to an aromatic ring is 1. The van der Waals surface area contributed by atoms with Gasteiger partial charge in [-0.15, -0.1) is 0 Å². The summed E-state index contributed by atoms with van der Waals surface area (Å²) in [6.07, 6.45) is 1.68. The van der Waals surface area contributed by atoms with Gasteiger partial charge in [0, 0.05) is 13.2 Å². The molecule has 112 valence electrons. The molecular formula is C15H20N4O2. The van der Waals surface area contributed by atoms with E-state index < -0.39 is 0 Å². The van der Waals surface area contributed by atoms with Crippen molar-refractivity contribution in [3.8, 4) is 5.75 Å². The average molecular weight is 288 g/mol. The molecule has 0 radical (unpaired) electrons. The Morgan fingerprint density at radius 2 is 2.24 bits per heavy atom. The molecule has 0 aliphatic heterocycles. The van der Waals surface area contributed by atoms with Crippen LogP contribution in [0.3, 0.4) is 0 Å². The summed E-state index contributed by atoms with van der Waals surface area (Å²) in [4.78, 5) is 13.6. The summed E-state index contributed by atoms with van der Waals surface area (Å²) < 4.78 is 7.15. The molecule has 0 saturated carbocycles. The first-order valence-corrected chi connectivity index (χ1v) is 6.77. The van der Waals surface area contributed by atoms with Crippen molar-refractivity contribution in [1.82, 2.24) is 14.7 Å². The van der Waals surface area contributed by atoms with Crippen molar-refractivity contribution in [3.63, 3.8) is 0 Å². The molecule has 1 aromatic carbocycles. The number of likely N-dealkylation sites (N-methyl/N-ethyl adjacent to an activating group) is 1. The topological polar surface area (TPSA) is 73.4 Å². The number of anilines is 1. The number of rotatable bonds is 6. The van der Waals surface area contributed by atoms with Crippen LogP contribution in [0.15, 0.2) is 36.5 Å². The lowest BCUT2D eigenvalue weighted by Crippen LogP contribution is -2.33. The molecule has 1 aromatic heterocycles. The number of ether oxygens (including phenoxy) is 1. The van der Waals surface area contributed by atoms with Crippen molar-refractivity contribution in [2.45, 2.75) is 13.5 Å². The van der Waals surface area contributed by atoms with Gasteiger partial charge in [-0.3, -0.25) is 9.48 Å². The summed E-state index contributed by atoms with van der Waals surface area (Å²) in [5.74, 6) is 1.19. The molecule has 1 heterocycles. The van der Waals surface area contributed by atoms with Crippen LogP contribution in [0.2, 0.25) is 0 Å². The van der Waals surface area contributed by atoms with Gasteiger partial charge in [-0.25, -0.2) is 0 Å². The summed E-state index contributed by atoms with van der Waals surface area (Å²) in [6, 6.07) is 9.49. The monoisotopic (exact) mass is 288 g/mol. The largest absolute Gasteiger partial charge is 0.492 e. The SMILES string of the molecule is Cc1cccc(OCCN(C)C(=O)Cn2ccc(N)n2)c1. The van der Waals surface area contributed by atoms with Gasteiger partial charge in [-0.2, -0.15) is 5.10 Å². The molecule has 0 aliphatic rings. The van der Waals surface area contributed by atoms with Crippen molar-refractivity contribution < 1.29 is 9.53 Å². The van der Waals surface area contributed by atoms with Crippen LogP contribution in [0.5, 0.6) is 5.75 Å². The molecule has 0 aliphatic carbocycles. The van der Waals surface area contributed by atoms with Crippen LogP contribution in [0.4, 0.5) is 5.82 Å². The summed E-state index contributed by atoms with van der Waals surface area (Å²) in [5.41, 5.74) is 6.66. The maximum Gasteiger partial charge on any atom is 0.244 e. The number of carbonyl (C=O) groups is 1. The smallest absolute Gasteiger partial charge is 0.244 e. The second-order valence-electron chi connectivity index (χ2n) is 4.92. The third-order valence-corrected chi connectivity index (χ3v) is 3.07. The fourth-order valence-corrected chi connectivity index (χ4v) is 1.85. The second kappa shape index (κ2) is 6.78. The quantitative estimate of drug-likeness (QED) is 0.870. The van der Waals surface area contributed by atoms with Gasteiger partial charge in [-0.1, -0.05) is 12.1 Å². The van der Waals surface area contributed by atoms with Crippen LogP contribution in [0.1, 0.15) is 5.56 Å². The fraction of sp³-hybridized carbons (Fsp3) is 0.333. The standard InChI is InChI=1S/C15H20N4O2/c1-12-4-3-5-13(10-12)21-9-8-18(2)15(20)11-19-7-6-14(16)17-19/h3-7,10H,8-9,11H2,1-2H3,(H2,16,17). The first-order valence-electron chi connectivity index (χ1n) is 6.77. The molecule has 6 nitrogen and oxygen atoms in total. The predicted octanol–water partition coefficient (Wildman–Crippen LogP) is 1.31. The third-order valence-electron chi connectivity index (χ3n) is 3.07. The number of hydrogen-bond acceptors (Lipinski definition) is 4. The van der Waals surface area contributed by atoms with Crippen LogP contribution < -0.4 is 10.5 Å². The van der Waals surface area contributed by atoms with Gasteiger partial charge in [0.15, 0.2) is 0 Å². The van der Waals surface area contributed by atoms with E-state index in [0.29, 0.717) is 19.0 Å². The van der Waals surface area contributed by atoms with Gasteiger partial charge >= 0.3 is 0 Å². The Morgan fingerprint density at radius 3 is 2.90 bits per heavy atom. The molecule has 0 spiro atoms. The molecule has 2 rings (SSSR count). The predicted molar refractivity (Wildman–Crippen MR) is 81.0 cm³/mol. The van der Waals surface area contributed by atoms with Crippen molar-refractivity contribution in [2.24, 2.45) is 0 Å². The van der Waals surface area contributed by atoms with Gasteiger partial charge < -0.3 is 15.4 Å². The molecule has 0 fully saturated rings. The highest BCUT2D eigenvalue weighted by molar-refractivity contribution is 5.75. The van der Waals surface area contributed by atoms with Crippen molar-refractivity contribution >= 4 is 11.7 Å². The van der Waals surface area contributed by atoms with Crippen LogP contribution in [0.25, 0.3) is 0 Å². The minimum Gasteiger partial charge on any atom is -0.492 e. The van der Waals surface area contributed by atoms with E-state index in [0.717, 1.165) is 11.3 Å². The van der Waals surface area contributed by atoms with Crippen molar-refractivity contribution in [3.05, 3.63) is 42.1 Å². The number of nitrogens with zero attached hydrogens (tertiary/aromatic N) is 3. The van der Waals surface area contributed by atoms with E-state index in [1.54, 1.807) is 24.2 Å². The minimum absolute atomic E-state index is 0.0362. The maximum absolute atomic E-state index is 12.0. The van der Waals surface area contributed by atoms with E-state index in [9.17, 15) is 4.79 Å². The Hall–Kier alpha value is -2.50. The van der Waals surface area contributed by atoms with Crippen LogP contribution in [-0.4, -0.2) is 40.8 Å². The number of nitrogens with two attached hydrogens (primary N) is 1. The number of carbonyl (C=O) groups excluding carboxylic acids is 1. The Morgan fingerprint density at radius 1 is 1.43 bits per heavy atom. The highest BCUT2D eigenvalue weighted by Gasteiger charge is 2.10. The molecule has 0 bridgehead atoms. The Labute approximate surface area is 124 Å². The molecule has 0 atom stereocenters. The van der Waals surface area contributed by atoms with E-state index in [4.69, 9.17) is 10.5 Å². The Bertz CT molecular complexity index is 609. The number of hydrogen-bond donors (Lipinski definition) is 1. The molecule has 2 N–H and O–H groups in total. The lowest BCUT2D eigenvalue weighted by atomic mass is 10.2. The third kappa shape index (κ3) is 4.52. The van der Waals surface area contributed by atoms with Gasteiger partial charge in [0.25, 0.3) is 0 Å². The summed E-state index contributed by atoms with van der Waals surface area (Å²) >= 11 is 0. The van der Waals surface area contributed by atoms with Gasteiger partial charge in [-0.05, 0) is 30.7 Å². The van der Waals surface area contributed by atoms with E-state index in [1.807, 2.05) is 31.2 Å². The summed E-state index contributed by atoms with van der Waals surface area (Å²) in [6.45, 7) is 3.16. The van der Waals surface area contributed by atoms with Gasteiger partial charge in [0.2, 0.25) is 5.91 Å². The molecule has 6 heteroatoms. The van der Waals surface area contributed by atoms with Crippen LogP contribution in [-0.2, 0) is 11.3 Å². The van der Waals surface area contributed by atoms with Crippen molar-refractivity contribution in [1.29, 1.82) is 0 Å². The lowest BCUT2D eigenvalue weighted by Gasteiger charge is -2.17. The minimum atomic E-state index is -0.0362. The summed E-state index contributed by atoms with van der Waals surface area (Å²) in [7, 11) is 1.74. The maximum atomic E-state index is 12.0. The summed E-state index contributed by atoms with van der Waals surface area (Å²) in [5, 5.41) is 3.99. The number of aryl methyl sites for hydroxylation is 1. The number of amides is 1. The van der Waals surface area contributed by atoms with Crippen LogP contribution in [0, 0.1) is 6.92 Å². The van der Waals surface area contributed by atoms with E-state index >= 15 is 0 Å². The van der Waals surface area contributed by atoms with E-state index in [-0.39, 0.29) is 12.5 Å². The zero-order valence-corrected chi connectivity index (χ0v) is 12.3. The fourth-order valence-electron chi connectivity index (χ4n) is 1.85.